The van der Waals surface area contributed by atoms with Gasteiger partial charge in [-0.3, -0.25) is 0 Å². The van der Waals surface area contributed by atoms with Gasteiger partial charge in [0, 0.05) is 14.5 Å². The van der Waals surface area contributed by atoms with E-state index in [4.69, 9.17) is 0 Å². The van der Waals surface area contributed by atoms with Crippen LogP contribution in [0.25, 0.3) is 15.5 Å². The fourth-order valence-corrected chi connectivity index (χ4v) is 3.69. The molecule has 2 aromatic heterocycles. The van der Waals surface area contributed by atoms with E-state index in [1.165, 1.54) is 0 Å². The van der Waals surface area contributed by atoms with Gasteiger partial charge in [-0.25, -0.2) is 0 Å². The van der Waals surface area contributed by atoms with Crippen molar-refractivity contribution in [2.45, 2.75) is 13.1 Å². The SMILES string of the molecule is Cc1c(Br)cc(-c2nn3c(C(F)(F)F)nnc3s2)cc1Br. The van der Waals surface area contributed by atoms with Gasteiger partial charge >= 0.3 is 6.18 Å². The first kappa shape index (κ1) is 14.9. The van der Waals surface area contributed by atoms with Gasteiger partial charge in [-0.15, -0.1) is 10.2 Å². The van der Waals surface area contributed by atoms with E-state index in [1.54, 1.807) is 12.1 Å². The number of hydrogen-bond donors (Lipinski definition) is 0. The summed E-state index contributed by atoms with van der Waals surface area (Å²) in [5.74, 6) is -1.12. The third kappa shape index (κ3) is 2.59. The Hall–Kier alpha value is -1.00. The monoisotopic (exact) mass is 440 g/mol. The largest absolute Gasteiger partial charge is 0.453 e. The van der Waals surface area contributed by atoms with Crippen molar-refractivity contribution in [3.05, 3.63) is 32.5 Å². The van der Waals surface area contributed by atoms with Gasteiger partial charge in [0.2, 0.25) is 4.96 Å². The Morgan fingerprint density at radius 1 is 1.14 bits per heavy atom. The minimum Gasteiger partial charge on any atom is -0.178 e. The highest BCUT2D eigenvalue weighted by molar-refractivity contribution is 9.11. The maximum absolute atomic E-state index is 12.8. The standard InChI is InChI=1S/C11H5Br2F3N4S/c1-4-6(12)2-5(3-7(4)13)8-19-20-9(11(14,15)16)17-18-10(20)21-8/h2-3H,1H3. The van der Waals surface area contributed by atoms with Crippen LogP contribution >= 0.6 is 43.2 Å². The number of alkyl halides is 3. The number of halogens is 5. The minimum atomic E-state index is -4.58. The molecular weight excluding hydrogens is 437 g/mol. The molecule has 0 aliphatic heterocycles. The molecule has 21 heavy (non-hydrogen) atoms. The molecule has 0 unspecified atom stereocenters. The summed E-state index contributed by atoms with van der Waals surface area (Å²) in [7, 11) is 0. The van der Waals surface area contributed by atoms with Gasteiger partial charge < -0.3 is 0 Å². The fourth-order valence-electron chi connectivity index (χ4n) is 1.68. The van der Waals surface area contributed by atoms with Gasteiger partial charge in [0.1, 0.15) is 5.01 Å². The van der Waals surface area contributed by atoms with Crippen molar-refractivity contribution in [1.29, 1.82) is 0 Å². The second-order valence-corrected chi connectivity index (χ2v) is 6.85. The minimum absolute atomic E-state index is 0.102. The summed E-state index contributed by atoms with van der Waals surface area (Å²) in [6.07, 6.45) is -4.58. The number of hydrogen-bond acceptors (Lipinski definition) is 4. The number of aromatic nitrogens is 4. The summed E-state index contributed by atoms with van der Waals surface area (Å²) in [5.41, 5.74) is 1.70. The second-order valence-electron chi connectivity index (χ2n) is 4.19. The number of fused-ring (bicyclic) bond motifs is 1. The van der Waals surface area contributed by atoms with E-state index in [0.717, 1.165) is 30.4 Å². The van der Waals surface area contributed by atoms with Crippen molar-refractivity contribution in [2.24, 2.45) is 0 Å². The van der Waals surface area contributed by atoms with Gasteiger partial charge in [0.05, 0.1) is 0 Å². The molecule has 10 heteroatoms. The molecule has 0 aliphatic rings. The fraction of sp³-hybridized carbons (Fsp3) is 0.182. The molecule has 3 aromatic rings. The molecule has 0 N–H and O–H groups in total. The molecule has 3 rings (SSSR count). The van der Waals surface area contributed by atoms with Crippen LogP contribution in [0.2, 0.25) is 0 Å². The van der Waals surface area contributed by atoms with E-state index >= 15 is 0 Å². The topological polar surface area (TPSA) is 43.1 Å². The maximum Gasteiger partial charge on any atom is 0.453 e. The highest BCUT2D eigenvalue weighted by atomic mass is 79.9. The summed E-state index contributed by atoms with van der Waals surface area (Å²) < 4.78 is 40.7. The molecule has 2 heterocycles. The van der Waals surface area contributed by atoms with E-state index < -0.39 is 12.0 Å². The summed E-state index contributed by atoms with van der Waals surface area (Å²) in [4.78, 5) is 0.102. The average molecular weight is 442 g/mol. The third-order valence-corrected chi connectivity index (χ3v) is 5.37. The Balaban J connectivity index is 2.16. The molecule has 0 atom stereocenters. The van der Waals surface area contributed by atoms with Crippen molar-refractivity contribution in [1.82, 2.24) is 19.8 Å². The van der Waals surface area contributed by atoms with Crippen molar-refractivity contribution >= 4 is 48.2 Å². The molecule has 0 amide bonds. The van der Waals surface area contributed by atoms with E-state index in [1.807, 2.05) is 6.92 Å². The van der Waals surface area contributed by atoms with Gasteiger partial charge in [-0.05, 0) is 24.6 Å². The zero-order valence-corrected chi connectivity index (χ0v) is 14.2. The Labute approximate surface area is 137 Å². The van der Waals surface area contributed by atoms with Crippen LogP contribution in [0.15, 0.2) is 21.1 Å². The lowest BCUT2D eigenvalue weighted by Gasteiger charge is -2.04. The van der Waals surface area contributed by atoms with Crippen molar-refractivity contribution in [3.63, 3.8) is 0 Å². The normalized spacial score (nSPS) is 12.3. The predicted octanol–water partition coefficient (Wildman–Crippen LogP) is 4.71. The Morgan fingerprint density at radius 3 is 2.33 bits per heavy atom. The summed E-state index contributed by atoms with van der Waals surface area (Å²) in [6, 6.07) is 3.61. The zero-order valence-electron chi connectivity index (χ0n) is 10.2. The molecule has 0 fully saturated rings. The molecule has 0 saturated carbocycles. The van der Waals surface area contributed by atoms with Gasteiger partial charge in [-0.2, -0.15) is 22.8 Å². The van der Waals surface area contributed by atoms with E-state index in [0.29, 0.717) is 10.6 Å². The molecule has 0 spiro atoms. The first-order valence-corrected chi connectivity index (χ1v) is 7.93. The molecule has 4 nitrogen and oxygen atoms in total. The molecule has 0 radical (unpaired) electrons. The van der Waals surface area contributed by atoms with Crippen LogP contribution in [0.1, 0.15) is 11.4 Å². The maximum atomic E-state index is 12.8. The highest BCUT2D eigenvalue weighted by Gasteiger charge is 2.38. The van der Waals surface area contributed by atoms with Crippen molar-refractivity contribution in [2.75, 3.05) is 0 Å². The van der Waals surface area contributed by atoms with E-state index in [2.05, 4.69) is 47.2 Å². The number of benzene rings is 1. The van der Waals surface area contributed by atoms with Crippen LogP contribution in [0.3, 0.4) is 0 Å². The summed E-state index contributed by atoms with van der Waals surface area (Å²) >= 11 is 7.86. The second kappa shape index (κ2) is 5.03. The van der Waals surface area contributed by atoms with Crippen LogP contribution in [0.4, 0.5) is 13.2 Å². The lowest BCUT2D eigenvalue weighted by molar-refractivity contribution is -0.146. The zero-order chi connectivity index (χ0) is 15.4. The lowest BCUT2D eigenvalue weighted by atomic mass is 10.2. The summed E-state index contributed by atoms with van der Waals surface area (Å²) in [6.45, 7) is 1.91. The Bertz CT molecular complexity index is 817. The van der Waals surface area contributed by atoms with Crippen molar-refractivity contribution in [3.8, 4) is 10.6 Å². The predicted molar refractivity (Wildman–Crippen MR) is 79.2 cm³/mol. The molecular formula is C11H5Br2F3N4S. The van der Waals surface area contributed by atoms with Crippen molar-refractivity contribution < 1.29 is 13.2 Å². The van der Waals surface area contributed by atoms with E-state index in [-0.39, 0.29) is 4.96 Å². The Kier molecular flexibility index (Phi) is 3.57. The third-order valence-electron chi connectivity index (χ3n) is 2.77. The molecule has 0 saturated heterocycles. The first-order valence-electron chi connectivity index (χ1n) is 5.53. The molecule has 0 aliphatic carbocycles. The number of rotatable bonds is 1. The van der Waals surface area contributed by atoms with Crippen LogP contribution in [0.5, 0.6) is 0 Å². The van der Waals surface area contributed by atoms with Crippen LogP contribution in [0, 0.1) is 6.92 Å². The first-order chi connectivity index (χ1) is 9.77. The lowest BCUT2D eigenvalue weighted by Crippen LogP contribution is -2.11. The van der Waals surface area contributed by atoms with Crippen LogP contribution < -0.4 is 0 Å². The van der Waals surface area contributed by atoms with E-state index in [9.17, 15) is 13.2 Å². The summed E-state index contributed by atoms with van der Waals surface area (Å²) in [5, 5.41) is 11.1. The van der Waals surface area contributed by atoms with Crippen LogP contribution in [-0.4, -0.2) is 19.8 Å². The van der Waals surface area contributed by atoms with Gasteiger partial charge in [0.15, 0.2) is 0 Å². The van der Waals surface area contributed by atoms with Gasteiger partial charge in [-0.1, -0.05) is 43.2 Å². The molecule has 0 bridgehead atoms. The Morgan fingerprint density at radius 2 is 1.76 bits per heavy atom. The smallest absolute Gasteiger partial charge is 0.178 e. The van der Waals surface area contributed by atoms with Crippen LogP contribution in [-0.2, 0) is 6.18 Å². The average Bonchev–Trinajstić information content (AvgIpc) is 2.93. The number of nitrogens with zero attached hydrogens (tertiary/aromatic N) is 4. The molecule has 110 valence electrons. The molecule has 1 aromatic carbocycles. The quantitative estimate of drug-likeness (QED) is 0.549. The van der Waals surface area contributed by atoms with Gasteiger partial charge in [0.25, 0.3) is 5.82 Å². The highest BCUT2D eigenvalue weighted by Crippen LogP contribution is 2.35.